The highest BCUT2D eigenvalue weighted by molar-refractivity contribution is 9.10. The van der Waals surface area contributed by atoms with Crippen molar-refractivity contribution >= 4 is 70.8 Å². The fraction of sp³-hybridized carbons (Fsp3) is 0.0833. The summed E-state index contributed by atoms with van der Waals surface area (Å²) < 4.78 is 1.06. The number of imide groups is 1. The van der Waals surface area contributed by atoms with Crippen LogP contribution in [-0.4, -0.2) is 11.8 Å². The number of benzene rings is 5. The maximum atomic E-state index is 12.4. The number of hydrogen-bond donors (Lipinski definition) is 1. The van der Waals surface area contributed by atoms with Gasteiger partial charge in [-0.1, -0.05) is 66.2 Å². The molecular formula is C24H16BrNO2. The van der Waals surface area contributed by atoms with E-state index < -0.39 is 0 Å². The molecule has 5 aromatic rings. The van der Waals surface area contributed by atoms with Crippen molar-refractivity contribution in [3.05, 3.63) is 70.2 Å². The third-order valence-corrected chi connectivity index (χ3v) is 6.14. The molecular weight excluding hydrogens is 414 g/mol. The number of rotatable bonds is 0. The van der Waals surface area contributed by atoms with E-state index in [1.807, 2.05) is 44.2 Å². The molecule has 5 aromatic carbocycles. The van der Waals surface area contributed by atoms with E-state index in [1.165, 1.54) is 5.39 Å². The van der Waals surface area contributed by atoms with Gasteiger partial charge in [0.2, 0.25) is 0 Å². The van der Waals surface area contributed by atoms with Gasteiger partial charge in [-0.25, -0.2) is 0 Å². The predicted octanol–water partition coefficient (Wildman–Crippen LogP) is 6.41. The highest BCUT2D eigenvalue weighted by atomic mass is 79.9. The molecule has 0 aromatic heterocycles. The molecule has 0 atom stereocenters. The average molecular weight is 430 g/mol. The molecule has 1 aliphatic rings. The van der Waals surface area contributed by atoms with Crippen molar-refractivity contribution in [3.8, 4) is 0 Å². The summed E-state index contributed by atoms with van der Waals surface area (Å²) in [5, 5.41) is 10.9. The number of carbonyl (C=O) groups excluding carboxylic acids is 2. The first-order valence-electron chi connectivity index (χ1n) is 9.32. The molecule has 0 fully saturated rings. The second-order valence-corrected chi connectivity index (χ2v) is 7.53. The van der Waals surface area contributed by atoms with Crippen LogP contribution in [0.1, 0.15) is 34.6 Å². The Balaban J connectivity index is 0.000000829. The van der Waals surface area contributed by atoms with E-state index in [-0.39, 0.29) is 11.8 Å². The first-order valence-corrected chi connectivity index (χ1v) is 10.1. The average Bonchev–Trinajstić information content (AvgIpc) is 2.73. The molecule has 0 bridgehead atoms. The number of halogens is 1. The van der Waals surface area contributed by atoms with Crippen molar-refractivity contribution < 1.29 is 9.59 Å². The van der Waals surface area contributed by atoms with Gasteiger partial charge >= 0.3 is 0 Å². The van der Waals surface area contributed by atoms with Crippen LogP contribution in [0.3, 0.4) is 0 Å². The molecule has 136 valence electrons. The standard InChI is InChI=1S/C22H10BrNO2.C2H6/c23-17-9-8-11-13-5-7-16-20-15(21(25)24-22(16)26)6-4-12(19(13)20)10-2-1-3-14(17)18(10)11;1-2/h1-9H,(H,24,25,26);1-2H3. The van der Waals surface area contributed by atoms with E-state index in [0.29, 0.717) is 11.1 Å². The van der Waals surface area contributed by atoms with Crippen molar-refractivity contribution in [2.45, 2.75) is 13.8 Å². The van der Waals surface area contributed by atoms with Crippen LogP contribution in [0.4, 0.5) is 0 Å². The number of amides is 2. The van der Waals surface area contributed by atoms with Gasteiger partial charge in [-0.2, -0.15) is 0 Å². The van der Waals surface area contributed by atoms with Crippen LogP contribution < -0.4 is 5.32 Å². The van der Waals surface area contributed by atoms with Gasteiger partial charge in [-0.05, 0) is 55.9 Å². The Hall–Kier alpha value is -2.98. The number of nitrogens with one attached hydrogen (secondary N) is 1. The van der Waals surface area contributed by atoms with Crippen molar-refractivity contribution in [1.29, 1.82) is 0 Å². The molecule has 4 heteroatoms. The van der Waals surface area contributed by atoms with Crippen molar-refractivity contribution in [3.63, 3.8) is 0 Å². The Bertz CT molecular complexity index is 1380. The fourth-order valence-electron chi connectivity index (χ4n) is 4.38. The van der Waals surface area contributed by atoms with E-state index in [2.05, 4.69) is 45.5 Å². The van der Waals surface area contributed by atoms with Gasteiger partial charge in [0.1, 0.15) is 0 Å². The van der Waals surface area contributed by atoms with E-state index in [4.69, 9.17) is 0 Å². The number of fused-ring (bicyclic) bond motifs is 2. The predicted molar refractivity (Wildman–Crippen MR) is 118 cm³/mol. The molecule has 0 unspecified atom stereocenters. The molecule has 1 aliphatic heterocycles. The number of hydrogen-bond acceptors (Lipinski definition) is 2. The lowest BCUT2D eigenvalue weighted by Crippen LogP contribution is -2.34. The maximum Gasteiger partial charge on any atom is 0.258 e. The summed E-state index contributed by atoms with van der Waals surface area (Å²) in [6, 6.07) is 18.1. The Morgan fingerprint density at radius 2 is 1.11 bits per heavy atom. The highest BCUT2D eigenvalue weighted by Gasteiger charge is 2.27. The van der Waals surface area contributed by atoms with E-state index in [9.17, 15) is 9.59 Å². The van der Waals surface area contributed by atoms with E-state index in [0.717, 1.165) is 42.2 Å². The number of carbonyl (C=O) groups is 2. The SMILES string of the molecule is CC.O=C1NC(=O)c2ccc3c4ccc(Br)c5cccc(c6ccc1c2c63)c54. The summed E-state index contributed by atoms with van der Waals surface area (Å²) in [6.07, 6.45) is 0. The Morgan fingerprint density at radius 1 is 0.607 bits per heavy atom. The third kappa shape index (κ3) is 2.04. The Morgan fingerprint density at radius 3 is 1.75 bits per heavy atom. The molecule has 1 heterocycles. The normalized spacial score (nSPS) is 13.2. The Kier molecular flexibility index (Phi) is 3.68. The van der Waals surface area contributed by atoms with Gasteiger partial charge in [-0.3, -0.25) is 14.9 Å². The highest BCUT2D eigenvalue weighted by Crippen LogP contribution is 2.44. The summed E-state index contributed by atoms with van der Waals surface area (Å²) in [5.74, 6) is -0.656. The lowest BCUT2D eigenvalue weighted by molar-refractivity contribution is 0.0845. The van der Waals surface area contributed by atoms with Crippen LogP contribution in [0.2, 0.25) is 0 Å². The fourth-order valence-corrected chi connectivity index (χ4v) is 4.84. The summed E-state index contributed by atoms with van der Waals surface area (Å²) >= 11 is 3.66. The van der Waals surface area contributed by atoms with Gasteiger partial charge in [0.05, 0.1) is 0 Å². The van der Waals surface area contributed by atoms with Crippen LogP contribution >= 0.6 is 15.9 Å². The molecule has 0 saturated heterocycles. The molecule has 0 spiro atoms. The quantitative estimate of drug-likeness (QED) is 0.175. The Labute approximate surface area is 169 Å². The van der Waals surface area contributed by atoms with E-state index >= 15 is 0 Å². The summed E-state index contributed by atoms with van der Waals surface area (Å²) in [5.41, 5.74) is 1.13. The zero-order valence-corrected chi connectivity index (χ0v) is 17.0. The van der Waals surface area contributed by atoms with Crippen molar-refractivity contribution in [2.24, 2.45) is 0 Å². The molecule has 3 nitrogen and oxygen atoms in total. The molecule has 28 heavy (non-hydrogen) atoms. The van der Waals surface area contributed by atoms with E-state index in [1.54, 1.807) is 0 Å². The van der Waals surface area contributed by atoms with Gasteiger partial charge in [0.15, 0.2) is 0 Å². The van der Waals surface area contributed by atoms with Crippen molar-refractivity contribution in [2.75, 3.05) is 0 Å². The first-order chi connectivity index (χ1) is 13.6. The summed E-state index contributed by atoms with van der Waals surface area (Å²) in [7, 11) is 0. The molecule has 0 aliphatic carbocycles. The molecule has 0 radical (unpaired) electrons. The van der Waals surface area contributed by atoms with Gasteiger partial charge in [0, 0.05) is 21.0 Å². The van der Waals surface area contributed by atoms with Gasteiger partial charge in [-0.15, -0.1) is 0 Å². The zero-order chi connectivity index (χ0) is 19.6. The summed E-state index contributed by atoms with van der Waals surface area (Å²) in [4.78, 5) is 24.7. The van der Waals surface area contributed by atoms with Crippen LogP contribution in [0, 0.1) is 0 Å². The summed E-state index contributed by atoms with van der Waals surface area (Å²) in [6.45, 7) is 4.00. The van der Waals surface area contributed by atoms with Crippen LogP contribution in [-0.2, 0) is 0 Å². The smallest absolute Gasteiger partial charge is 0.258 e. The lowest BCUT2D eigenvalue weighted by atomic mass is 9.85. The topological polar surface area (TPSA) is 46.2 Å². The van der Waals surface area contributed by atoms with Crippen LogP contribution in [0.5, 0.6) is 0 Å². The van der Waals surface area contributed by atoms with Gasteiger partial charge < -0.3 is 0 Å². The minimum Gasteiger partial charge on any atom is -0.288 e. The zero-order valence-electron chi connectivity index (χ0n) is 15.4. The lowest BCUT2D eigenvalue weighted by Gasteiger charge is -2.21. The second-order valence-electron chi connectivity index (χ2n) is 6.68. The first kappa shape index (κ1) is 17.1. The molecule has 0 saturated carbocycles. The molecule has 1 N–H and O–H groups in total. The maximum absolute atomic E-state index is 12.4. The molecule has 2 amide bonds. The van der Waals surface area contributed by atoms with Gasteiger partial charge in [0.25, 0.3) is 11.8 Å². The van der Waals surface area contributed by atoms with Crippen LogP contribution in [0.15, 0.2) is 59.1 Å². The van der Waals surface area contributed by atoms with Crippen LogP contribution in [0.25, 0.3) is 43.1 Å². The monoisotopic (exact) mass is 429 g/mol. The minimum atomic E-state index is -0.328. The third-order valence-electron chi connectivity index (χ3n) is 5.44. The van der Waals surface area contributed by atoms with Crippen molar-refractivity contribution in [1.82, 2.24) is 5.32 Å². The second kappa shape index (κ2) is 6.01. The minimum absolute atomic E-state index is 0.328. The largest absolute Gasteiger partial charge is 0.288 e. The molecule has 6 rings (SSSR count).